The first kappa shape index (κ1) is 13.8. The van der Waals surface area contributed by atoms with E-state index >= 15 is 0 Å². The SMILES string of the molecule is CCCNc1ccnc(C(=O)N(CCO)C2CC2)c1. The zero-order valence-electron chi connectivity index (χ0n) is 11.3. The van der Waals surface area contributed by atoms with Crippen molar-refractivity contribution in [1.82, 2.24) is 9.88 Å². The van der Waals surface area contributed by atoms with E-state index in [9.17, 15) is 4.79 Å². The highest BCUT2D eigenvalue weighted by atomic mass is 16.3. The summed E-state index contributed by atoms with van der Waals surface area (Å²) in [4.78, 5) is 18.2. The van der Waals surface area contributed by atoms with Crippen molar-refractivity contribution in [3.05, 3.63) is 24.0 Å². The molecular formula is C14H21N3O2. The first-order valence-electron chi connectivity index (χ1n) is 6.88. The van der Waals surface area contributed by atoms with E-state index in [1.165, 1.54) is 0 Å². The summed E-state index contributed by atoms with van der Waals surface area (Å²) in [6.07, 6.45) is 4.73. The van der Waals surface area contributed by atoms with E-state index in [4.69, 9.17) is 5.11 Å². The van der Waals surface area contributed by atoms with Crippen molar-refractivity contribution >= 4 is 11.6 Å². The summed E-state index contributed by atoms with van der Waals surface area (Å²) >= 11 is 0. The van der Waals surface area contributed by atoms with Gasteiger partial charge in [-0.15, -0.1) is 0 Å². The highest BCUT2D eigenvalue weighted by Gasteiger charge is 2.33. The van der Waals surface area contributed by atoms with Crippen LogP contribution in [0.3, 0.4) is 0 Å². The Kier molecular flexibility index (Phi) is 4.74. The number of aromatic nitrogens is 1. The molecule has 0 saturated heterocycles. The number of carbonyl (C=O) groups excluding carboxylic acids is 1. The third kappa shape index (κ3) is 3.67. The Labute approximate surface area is 113 Å². The molecule has 1 saturated carbocycles. The number of aliphatic hydroxyl groups is 1. The lowest BCUT2D eigenvalue weighted by atomic mass is 10.2. The lowest BCUT2D eigenvalue weighted by molar-refractivity contribution is 0.0702. The fourth-order valence-corrected chi connectivity index (χ4v) is 2.02. The smallest absolute Gasteiger partial charge is 0.272 e. The molecule has 1 amide bonds. The van der Waals surface area contributed by atoms with Gasteiger partial charge in [0.05, 0.1) is 6.61 Å². The normalized spacial score (nSPS) is 14.2. The maximum absolute atomic E-state index is 12.4. The first-order chi connectivity index (χ1) is 9.26. The van der Waals surface area contributed by atoms with Gasteiger partial charge in [0.25, 0.3) is 5.91 Å². The van der Waals surface area contributed by atoms with Gasteiger partial charge in [0, 0.05) is 31.0 Å². The molecule has 0 aromatic carbocycles. The minimum absolute atomic E-state index is 0.00395. The zero-order valence-corrected chi connectivity index (χ0v) is 11.3. The predicted octanol–water partition coefficient (Wildman–Crippen LogP) is 1.50. The molecule has 0 atom stereocenters. The largest absolute Gasteiger partial charge is 0.395 e. The van der Waals surface area contributed by atoms with E-state index in [2.05, 4.69) is 17.2 Å². The van der Waals surface area contributed by atoms with Crippen molar-refractivity contribution < 1.29 is 9.90 Å². The number of carbonyl (C=O) groups is 1. The van der Waals surface area contributed by atoms with Crippen LogP contribution in [-0.4, -0.2) is 46.6 Å². The third-order valence-electron chi connectivity index (χ3n) is 3.15. The van der Waals surface area contributed by atoms with Crippen LogP contribution in [0.15, 0.2) is 18.3 Å². The second kappa shape index (κ2) is 6.52. The topological polar surface area (TPSA) is 65.5 Å². The van der Waals surface area contributed by atoms with E-state index in [1.54, 1.807) is 17.2 Å². The Hall–Kier alpha value is -1.62. The second-order valence-corrected chi connectivity index (χ2v) is 4.81. The number of hydrogen-bond donors (Lipinski definition) is 2. The monoisotopic (exact) mass is 263 g/mol. The van der Waals surface area contributed by atoms with Gasteiger partial charge >= 0.3 is 0 Å². The fraction of sp³-hybridized carbons (Fsp3) is 0.571. The molecule has 104 valence electrons. The van der Waals surface area contributed by atoms with Gasteiger partial charge in [0.15, 0.2) is 0 Å². The summed E-state index contributed by atoms with van der Waals surface area (Å²) in [5.41, 5.74) is 1.36. The first-order valence-corrected chi connectivity index (χ1v) is 6.88. The molecule has 1 aromatic rings. The molecule has 0 radical (unpaired) electrons. The highest BCUT2D eigenvalue weighted by molar-refractivity contribution is 5.93. The van der Waals surface area contributed by atoms with Crippen LogP contribution in [0.5, 0.6) is 0 Å². The summed E-state index contributed by atoms with van der Waals surface area (Å²) in [5.74, 6) is -0.0864. The summed E-state index contributed by atoms with van der Waals surface area (Å²) in [7, 11) is 0. The van der Waals surface area contributed by atoms with Gasteiger partial charge in [-0.1, -0.05) is 6.92 Å². The van der Waals surface area contributed by atoms with Gasteiger partial charge in [-0.25, -0.2) is 0 Å². The fourth-order valence-electron chi connectivity index (χ4n) is 2.02. The van der Waals surface area contributed by atoms with Crippen molar-refractivity contribution in [2.45, 2.75) is 32.2 Å². The average Bonchev–Trinajstić information content (AvgIpc) is 3.26. The van der Waals surface area contributed by atoms with E-state index < -0.39 is 0 Å². The van der Waals surface area contributed by atoms with Gasteiger partial charge < -0.3 is 15.3 Å². The third-order valence-corrected chi connectivity index (χ3v) is 3.15. The number of anilines is 1. The van der Waals surface area contributed by atoms with Gasteiger partial charge in [-0.3, -0.25) is 9.78 Å². The number of pyridine rings is 1. The minimum Gasteiger partial charge on any atom is -0.395 e. The lowest BCUT2D eigenvalue weighted by Gasteiger charge is -2.21. The van der Waals surface area contributed by atoms with Crippen molar-refractivity contribution in [2.75, 3.05) is 25.0 Å². The Bertz CT molecular complexity index is 432. The molecule has 1 heterocycles. The van der Waals surface area contributed by atoms with Gasteiger partial charge in [0.2, 0.25) is 0 Å². The quantitative estimate of drug-likeness (QED) is 0.782. The number of nitrogens with zero attached hydrogens (tertiary/aromatic N) is 2. The number of rotatable bonds is 7. The van der Waals surface area contributed by atoms with Crippen LogP contribution in [0.25, 0.3) is 0 Å². The van der Waals surface area contributed by atoms with Crippen LogP contribution < -0.4 is 5.32 Å². The molecule has 0 unspecified atom stereocenters. The van der Waals surface area contributed by atoms with E-state index in [1.807, 2.05) is 6.07 Å². The van der Waals surface area contributed by atoms with Crippen molar-refractivity contribution in [2.24, 2.45) is 0 Å². The summed E-state index contributed by atoms with van der Waals surface area (Å²) in [6, 6.07) is 3.93. The number of aliphatic hydroxyl groups excluding tert-OH is 1. The Balaban J connectivity index is 2.08. The van der Waals surface area contributed by atoms with E-state index in [0.29, 0.717) is 12.2 Å². The predicted molar refractivity (Wildman–Crippen MR) is 74.2 cm³/mol. The average molecular weight is 263 g/mol. The molecular weight excluding hydrogens is 242 g/mol. The molecule has 0 spiro atoms. The standard InChI is InChI=1S/C14H21N3O2/c1-2-6-15-11-5-7-16-13(10-11)14(19)17(8-9-18)12-3-4-12/h5,7,10,12,18H,2-4,6,8-9H2,1H3,(H,15,16). The summed E-state index contributed by atoms with van der Waals surface area (Å²) in [5, 5.41) is 12.3. The molecule has 0 aliphatic heterocycles. The van der Waals surface area contributed by atoms with Gasteiger partial charge in [-0.2, -0.15) is 0 Å². The van der Waals surface area contributed by atoms with Gasteiger partial charge in [0.1, 0.15) is 5.69 Å². The Morgan fingerprint density at radius 2 is 2.37 bits per heavy atom. The number of nitrogens with one attached hydrogen (secondary N) is 1. The maximum Gasteiger partial charge on any atom is 0.272 e. The molecule has 2 N–H and O–H groups in total. The number of amides is 1. The molecule has 2 rings (SSSR count). The molecule has 5 heteroatoms. The Morgan fingerprint density at radius 1 is 1.58 bits per heavy atom. The number of hydrogen-bond acceptors (Lipinski definition) is 4. The molecule has 1 aliphatic rings. The molecule has 1 aromatic heterocycles. The zero-order chi connectivity index (χ0) is 13.7. The molecule has 5 nitrogen and oxygen atoms in total. The van der Waals surface area contributed by atoms with Crippen molar-refractivity contribution in [3.8, 4) is 0 Å². The summed E-state index contributed by atoms with van der Waals surface area (Å²) in [6.45, 7) is 3.35. The molecule has 1 fully saturated rings. The van der Waals surface area contributed by atoms with E-state index in [-0.39, 0.29) is 18.6 Å². The van der Waals surface area contributed by atoms with Crippen LogP contribution in [0, 0.1) is 0 Å². The minimum atomic E-state index is -0.0864. The molecule has 19 heavy (non-hydrogen) atoms. The highest BCUT2D eigenvalue weighted by Crippen LogP contribution is 2.27. The lowest BCUT2D eigenvalue weighted by Crippen LogP contribution is -2.36. The molecule has 0 bridgehead atoms. The summed E-state index contributed by atoms with van der Waals surface area (Å²) < 4.78 is 0. The Morgan fingerprint density at radius 3 is 3.00 bits per heavy atom. The molecule has 1 aliphatic carbocycles. The second-order valence-electron chi connectivity index (χ2n) is 4.81. The van der Waals surface area contributed by atoms with Crippen molar-refractivity contribution in [3.63, 3.8) is 0 Å². The van der Waals surface area contributed by atoms with Crippen LogP contribution in [-0.2, 0) is 0 Å². The van der Waals surface area contributed by atoms with Gasteiger partial charge in [-0.05, 0) is 31.4 Å². The van der Waals surface area contributed by atoms with Crippen LogP contribution in [0.4, 0.5) is 5.69 Å². The van der Waals surface area contributed by atoms with Crippen LogP contribution in [0.2, 0.25) is 0 Å². The maximum atomic E-state index is 12.4. The van der Waals surface area contributed by atoms with Crippen LogP contribution in [0.1, 0.15) is 36.7 Å². The van der Waals surface area contributed by atoms with Crippen LogP contribution >= 0.6 is 0 Å². The van der Waals surface area contributed by atoms with E-state index in [0.717, 1.165) is 31.5 Å². The van der Waals surface area contributed by atoms with Crippen molar-refractivity contribution in [1.29, 1.82) is 0 Å².